The van der Waals surface area contributed by atoms with Crippen molar-refractivity contribution in [1.82, 2.24) is 19.5 Å². The van der Waals surface area contributed by atoms with Gasteiger partial charge in [0.2, 0.25) is 5.95 Å². The van der Waals surface area contributed by atoms with Crippen molar-refractivity contribution in [2.45, 2.75) is 19.3 Å². The van der Waals surface area contributed by atoms with Crippen LogP contribution in [-0.2, 0) is 0 Å². The van der Waals surface area contributed by atoms with Gasteiger partial charge in [-0.2, -0.15) is 4.98 Å². The van der Waals surface area contributed by atoms with Gasteiger partial charge >= 0.3 is 0 Å². The average molecular weight is 469 g/mol. The monoisotopic (exact) mass is 468 g/mol. The second-order valence-corrected chi connectivity index (χ2v) is 9.64. The Labute approximate surface area is 206 Å². The molecule has 0 spiro atoms. The van der Waals surface area contributed by atoms with Crippen LogP contribution in [0.1, 0.15) is 29.6 Å². The van der Waals surface area contributed by atoms with Gasteiger partial charge in [-0.05, 0) is 87.4 Å². The van der Waals surface area contributed by atoms with E-state index in [0.29, 0.717) is 18.3 Å². The SMILES string of the molecule is CN1CCC(CC(=O)c2ccc(Nc3nc4cccc(-c5cccc(N(C)C)c5)n4n3)cc2)CC1. The van der Waals surface area contributed by atoms with Crippen molar-refractivity contribution in [3.05, 3.63) is 72.3 Å². The van der Waals surface area contributed by atoms with Crippen LogP contribution < -0.4 is 10.2 Å². The van der Waals surface area contributed by atoms with E-state index in [1.807, 2.05) is 61.1 Å². The Balaban J connectivity index is 1.31. The molecule has 1 fully saturated rings. The number of fused-ring (bicyclic) bond motifs is 1. The number of piperidine rings is 1. The summed E-state index contributed by atoms with van der Waals surface area (Å²) >= 11 is 0. The van der Waals surface area contributed by atoms with Gasteiger partial charge in [0, 0.05) is 43.0 Å². The number of hydrogen-bond donors (Lipinski definition) is 1. The molecule has 3 heterocycles. The number of carbonyl (C=O) groups is 1. The zero-order chi connectivity index (χ0) is 24.4. The smallest absolute Gasteiger partial charge is 0.247 e. The van der Waals surface area contributed by atoms with Crippen molar-refractivity contribution in [3.63, 3.8) is 0 Å². The molecule has 0 atom stereocenters. The van der Waals surface area contributed by atoms with E-state index >= 15 is 0 Å². The van der Waals surface area contributed by atoms with E-state index in [4.69, 9.17) is 5.10 Å². The molecule has 0 radical (unpaired) electrons. The minimum atomic E-state index is 0.224. The van der Waals surface area contributed by atoms with Crippen LogP contribution in [0.4, 0.5) is 17.3 Å². The number of nitrogens with zero attached hydrogens (tertiary/aromatic N) is 5. The number of nitrogens with one attached hydrogen (secondary N) is 1. The molecule has 7 heteroatoms. The lowest BCUT2D eigenvalue weighted by molar-refractivity contribution is 0.0936. The number of benzene rings is 2. The Bertz CT molecular complexity index is 1320. The topological polar surface area (TPSA) is 65.8 Å². The van der Waals surface area contributed by atoms with Gasteiger partial charge in [0.25, 0.3) is 0 Å². The van der Waals surface area contributed by atoms with Crippen LogP contribution in [0.2, 0.25) is 0 Å². The summed E-state index contributed by atoms with van der Waals surface area (Å²) in [5.41, 5.74) is 5.56. The number of rotatable bonds is 7. The van der Waals surface area contributed by atoms with E-state index < -0.39 is 0 Å². The van der Waals surface area contributed by atoms with Crippen molar-refractivity contribution in [2.24, 2.45) is 5.92 Å². The Morgan fingerprint density at radius 1 is 1.03 bits per heavy atom. The Kier molecular flexibility index (Phi) is 6.51. The third-order valence-corrected chi connectivity index (χ3v) is 6.79. The van der Waals surface area contributed by atoms with E-state index in [9.17, 15) is 4.79 Å². The van der Waals surface area contributed by atoms with Crippen molar-refractivity contribution in [1.29, 1.82) is 0 Å². The second-order valence-electron chi connectivity index (χ2n) is 9.64. The molecule has 0 aliphatic carbocycles. The molecule has 35 heavy (non-hydrogen) atoms. The number of hydrogen-bond acceptors (Lipinski definition) is 6. The fourth-order valence-electron chi connectivity index (χ4n) is 4.63. The van der Waals surface area contributed by atoms with E-state index in [0.717, 1.165) is 59.8 Å². The predicted octanol–water partition coefficient (Wildman–Crippen LogP) is 5.12. The molecule has 1 saturated heterocycles. The summed E-state index contributed by atoms with van der Waals surface area (Å²) in [5, 5.41) is 8.00. The third-order valence-electron chi connectivity index (χ3n) is 6.79. The number of Topliss-reactive ketones (excluding diaryl/α,β-unsaturated/α-hetero) is 1. The lowest BCUT2D eigenvalue weighted by Crippen LogP contribution is -2.31. The zero-order valence-electron chi connectivity index (χ0n) is 20.6. The molecule has 2 aromatic carbocycles. The van der Waals surface area contributed by atoms with Crippen LogP contribution in [-0.4, -0.2) is 59.5 Å². The van der Waals surface area contributed by atoms with Crippen molar-refractivity contribution in [3.8, 4) is 11.3 Å². The quantitative estimate of drug-likeness (QED) is 0.380. The van der Waals surface area contributed by atoms with Crippen LogP contribution in [0.5, 0.6) is 0 Å². The Morgan fingerprint density at radius 2 is 1.77 bits per heavy atom. The summed E-state index contributed by atoms with van der Waals surface area (Å²) in [4.78, 5) is 21.8. The highest BCUT2D eigenvalue weighted by Gasteiger charge is 2.20. The van der Waals surface area contributed by atoms with Crippen LogP contribution in [0, 0.1) is 5.92 Å². The molecule has 0 bridgehead atoms. The number of anilines is 3. The van der Waals surface area contributed by atoms with Gasteiger partial charge in [-0.3, -0.25) is 4.79 Å². The molecule has 1 aliphatic rings. The van der Waals surface area contributed by atoms with Gasteiger partial charge in [-0.1, -0.05) is 18.2 Å². The van der Waals surface area contributed by atoms with Crippen LogP contribution in [0.15, 0.2) is 66.7 Å². The lowest BCUT2D eigenvalue weighted by Gasteiger charge is -2.28. The van der Waals surface area contributed by atoms with Crippen molar-refractivity contribution < 1.29 is 4.79 Å². The maximum absolute atomic E-state index is 12.8. The molecular formula is C28H32N6O. The fraction of sp³-hybridized carbons (Fsp3) is 0.321. The summed E-state index contributed by atoms with van der Waals surface area (Å²) < 4.78 is 1.86. The molecule has 1 N–H and O–H groups in total. The average Bonchev–Trinajstić information content (AvgIpc) is 3.28. The first-order chi connectivity index (χ1) is 17.0. The van der Waals surface area contributed by atoms with Gasteiger partial charge in [0.05, 0.1) is 5.69 Å². The van der Waals surface area contributed by atoms with Gasteiger partial charge in [-0.25, -0.2) is 4.52 Å². The molecule has 2 aromatic heterocycles. The minimum Gasteiger partial charge on any atom is -0.378 e. The first-order valence-corrected chi connectivity index (χ1v) is 12.2. The highest BCUT2D eigenvalue weighted by molar-refractivity contribution is 5.96. The Morgan fingerprint density at radius 3 is 2.51 bits per heavy atom. The summed E-state index contributed by atoms with van der Waals surface area (Å²) in [6, 6.07) is 22.0. The minimum absolute atomic E-state index is 0.224. The lowest BCUT2D eigenvalue weighted by atomic mass is 9.90. The van der Waals surface area contributed by atoms with Gasteiger partial charge in [0.15, 0.2) is 11.4 Å². The number of pyridine rings is 1. The maximum Gasteiger partial charge on any atom is 0.247 e. The molecule has 1 aliphatic heterocycles. The van der Waals surface area contributed by atoms with Crippen molar-refractivity contribution >= 4 is 28.8 Å². The third kappa shape index (κ3) is 5.20. The van der Waals surface area contributed by atoms with Gasteiger partial charge in [-0.15, -0.1) is 5.10 Å². The number of aromatic nitrogens is 3. The van der Waals surface area contributed by atoms with Gasteiger partial charge in [0.1, 0.15) is 0 Å². The van der Waals surface area contributed by atoms with Crippen molar-refractivity contribution in [2.75, 3.05) is 44.4 Å². The first kappa shape index (κ1) is 23.1. The summed E-state index contributed by atoms with van der Waals surface area (Å²) in [6.45, 7) is 2.16. The van der Waals surface area contributed by atoms with E-state index in [1.165, 1.54) is 0 Å². The van der Waals surface area contributed by atoms with Gasteiger partial charge < -0.3 is 15.1 Å². The molecule has 180 valence electrons. The first-order valence-electron chi connectivity index (χ1n) is 12.2. The number of ketones is 1. The van der Waals surface area contributed by atoms with Crippen LogP contribution in [0.25, 0.3) is 16.9 Å². The number of likely N-dealkylation sites (tertiary alicyclic amines) is 1. The van der Waals surface area contributed by atoms with E-state index in [2.05, 4.69) is 51.4 Å². The normalized spacial score (nSPS) is 14.8. The number of carbonyl (C=O) groups excluding carboxylic acids is 1. The second kappa shape index (κ2) is 9.88. The molecule has 0 unspecified atom stereocenters. The standard InChI is InChI=1S/C28H32N6O/c1-32(2)24-7-4-6-22(19-24)25-8-5-9-27-30-28(31-34(25)27)29-23-12-10-21(11-13-23)26(35)18-20-14-16-33(3)17-15-20/h4-13,19-20H,14-18H2,1-3H3,(H,29,31). The fourth-order valence-corrected chi connectivity index (χ4v) is 4.63. The molecule has 5 rings (SSSR count). The Hall–Kier alpha value is -3.71. The summed E-state index contributed by atoms with van der Waals surface area (Å²) in [6.07, 6.45) is 2.83. The predicted molar refractivity (Wildman–Crippen MR) is 142 cm³/mol. The molecule has 7 nitrogen and oxygen atoms in total. The summed E-state index contributed by atoms with van der Waals surface area (Å²) in [7, 11) is 6.21. The van der Waals surface area contributed by atoms with Crippen LogP contribution in [0.3, 0.4) is 0 Å². The molecule has 4 aromatic rings. The molecule has 0 saturated carbocycles. The zero-order valence-corrected chi connectivity index (χ0v) is 20.6. The van der Waals surface area contributed by atoms with E-state index in [1.54, 1.807) is 0 Å². The highest BCUT2D eigenvalue weighted by atomic mass is 16.1. The highest BCUT2D eigenvalue weighted by Crippen LogP contribution is 2.26. The summed E-state index contributed by atoms with van der Waals surface area (Å²) in [5.74, 6) is 1.24. The van der Waals surface area contributed by atoms with Crippen LogP contribution >= 0.6 is 0 Å². The molecule has 0 amide bonds. The largest absolute Gasteiger partial charge is 0.378 e. The maximum atomic E-state index is 12.8. The molecular weight excluding hydrogens is 436 g/mol. The van der Waals surface area contributed by atoms with E-state index in [-0.39, 0.29) is 5.78 Å².